The summed E-state index contributed by atoms with van der Waals surface area (Å²) in [5.74, 6) is -1.75. The largest absolute Gasteiger partial charge is 0.364 e. The topological polar surface area (TPSA) is 79.8 Å². The van der Waals surface area contributed by atoms with Crippen molar-refractivity contribution in [1.82, 2.24) is 15.2 Å². The van der Waals surface area contributed by atoms with E-state index < -0.39 is 17.5 Å². The molecular formula is C17H13F2N5O. The van der Waals surface area contributed by atoms with Gasteiger partial charge in [-0.25, -0.2) is 8.78 Å². The first-order valence-corrected chi connectivity index (χ1v) is 7.35. The van der Waals surface area contributed by atoms with Gasteiger partial charge in [-0.1, -0.05) is 6.07 Å². The van der Waals surface area contributed by atoms with Crippen LogP contribution in [0.2, 0.25) is 0 Å². The van der Waals surface area contributed by atoms with Crippen molar-refractivity contribution in [2.45, 2.75) is 6.54 Å². The zero-order valence-corrected chi connectivity index (χ0v) is 12.9. The van der Waals surface area contributed by atoms with Crippen LogP contribution < -0.4 is 10.6 Å². The van der Waals surface area contributed by atoms with E-state index in [9.17, 15) is 13.6 Å². The van der Waals surface area contributed by atoms with E-state index in [1.807, 2.05) is 12.1 Å². The molecule has 0 saturated carbocycles. The van der Waals surface area contributed by atoms with Crippen LogP contribution in [0.15, 0.2) is 54.9 Å². The highest BCUT2D eigenvalue weighted by molar-refractivity contribution is 6.02. The van der Waals surface area contributed by atoms with Gasteiger partial charge < -0.3 is 10.6 Å². The molecule has 25 heavy (non-hydrogen) atoms. The summed E-state index contributed by atoms with van der Waals surface area (Å²) in [6.45, 7) is 0.509. The van der Waals surface area contributed by atoms with Crippen molar-refractivity contribution in [3.63, 3.8) is 0 Å². The number of hydrogen-bond acceptors (Lipinski definition) is 5. The third kappa shape index (κ3) is 4.31. The molecule has 3 aromatic rings. The van der Waals surface area contributed by atoms with Gasteiger partial charge in [-0.05, 0) is 35.9 Å². The Bertz CT molecular complexity index is 872. The maximum atomic E-state index is 13.5. The molecule has 0 unspecified atom stereocenters. The minimum Gasteiger partial charge on any atom is -0.364 e. The van der Waals surface area contributed by atoms with Gasteiger partial charge in [0.15, 0.2) is 5.69 Å². The van der Waals surface area contributed by atoms with Crippen molar-refractivity contribution >= 4 is 17.4 Å². The number of nitrogens with one attached hydrogen (secondary N) is 2. The molecule has 0 aliphatic rings. The lowest BCUT2D eigenvalue weighted by atomic mass is 10.2. The Labute approximate surface area is 141 Å². The lowest BCUT2D eigenvalue weighted by Crippen LogP contribution is -2.15. The van der Waals surface area contributed by atoms with Crippen LogP contribution in [0.25, 0.3) is 0 Å². The molecule has 2 aromatic heterocycles. The fourth-order valence-corrected chi connectivity index (χ4v) is 2.02. The van der Waals surface area contributed by atoms with Crippen LogP contribution in [-0.4, -0.2) is 21.1 Å². The van der Waals surface area contributed by atoms with Gasteiger partial charge in [0.25, 0.3) is 5.91 Å². The molecule has 0 aliphatic carbocycles. The fourth-order valence-electron chi connectivity index (χ4n) is 2.02. The van der Waals surface area contributed by atoms with Crippen molar-refractivity contribution < 1.29 is 13.6 Å². The molecule has 1 amide bonds. The van der Waals surface area contributed by atoms with Gasteiger partial charge in [-0.3, -0.25) is 9.78 Å². The SMILES string of the molecule is O=C(Nc1ccc(F)cc1F)c1ccc(NCc2cccnc2)nn1. The van der Waals surface area contributed by atoms with Crippen molar-refractivity contribution in [2.75, 3.05) is 10.6 Å². The van der Waals surface area contributed by atoms with Gasteiger partial charge in [0.2, 0.25) is 0 Å². The standard InChI is InChI=1S/C17H13F2N5O/c18-12-3-4-14(13(19)8-12)22-17(25)15-5-6-16(24-23-15)21-10-11-2-1-7-20-9-11/h1-9H,10H2,(H,21,24)(H,22,25). The van der Waals surface area contributed by atoms with E-state index in [4.69, 9.17) is 0 Å². The second-order valence-corrected chi connectivity index (χ2v) is 5.10. The van der Waals surface area contributed by atoms with Crippen molar-refractivity contribution in [3.05, 3.63) is 77.8 Å². The normalized spacial score (nSPS) is 10.3. The first kappa shape index (κ1) is 16.4. The summed E-state index contributed by atoms with van der Waals surface area (Å²) in [6, 6.07) is 9.65. The maximum Gasteiger partial charge on any atom is 0.276 e. The van der Waals surface area contributed by atoms with E-state index in [-0.39, 0.29) is 11.4 Å². The lowest BCUT2D eigenvalue weighted by molar-refractivity contribution is 0.102. The second kappa shape index (κ2) is 7.43. The number of hydrogen-bond donors (Lipinski definition) is 2. The van der Waals surface area contributed by atoms with E-state index in [1.165, 1.54) is 6.07 Å². The van der Waals surface area contributed by atoms with Gasteiger partial charge in [-0.2, -0.15) is 0 Å². The number of nitrogens with zero attached hydrogens (tertiary/aromatic N) is 3. The number of rotatable bonds is 5. The molecule has 0 fully saturated rings. The first-order chi connectivity index (χ1) is 12.1. The van der Waals surface area contributed by atoms with Gasteiger partial charge in [0.1, 0.15) is 17.5 Å². The predicted octanol–water partition coefficient (Wildman–Crippen LogP) is 3.01. The maximum absolute atomic E-state index is 13.5. The third-order valence-electron chi connectivity index (χ3n) is 3.27. The number of aromatic nitrogens is 3. The van der Waals surface area contributed by atoms with E-state index in [0.717, 1.165) is 17.7 Å². The molecule has 0 spiro atoms. The van der Waals surface area contributed by atoms with E-state index in [0.29, 0.717) is 18.4 Å². The molecule has 2 heterocycles. The summed E-state index contributed by atoms with van der Waals surface area (Å²) in [4.78, 5) is 16.0. The Morgan fingerprint density at radius 2 is 1.96 bits per heavy atom. The lowest BCUT2D eigenvalue weighted by Gasteiger charge is -2.07. The predicted molar refractivity (Wildman–Crippen MR) is 87.9 cm³/mol. The van der Waals surface area contributed by atoms with E-state index in [1.54, 1.807) is 18.5 Å². The summed E-state index contributed by atoms with van der Waals surface area (Å²) >= 11 is 0. The molecule has 0 bridgehead atoms. The van der Waals surface area contributed by atoms with Crippen LogP contribution in [0.5, 0.6) is 0 Å². The third-order valence-corrected chi connectivity index (χ3v) is 3.27. The summed E-state index contributed by atoms with van der Waals surface area (Å²) in [6.07, 6.45) is 3.40. The highest BCUT2D eigenvalue weighted by atomic mass is 19.1. The molecule has 126 valence electrons. The Morgan fingerprint density at radius 1 is 1.08 bits per heavy atom. The number of benzene rings is 1. The Kier molecular flexibility index (Phi) is 4.89. The molecule has 0 aliphatic heterocycles. The molecule has 8 heteroatoms. The molecule has 3 rings (SSSR count). The van der Waals surface area contributed by atoms with Crippen LogP contribution in [-0.2, 0) is 6.54 Å². The van der Waals surface area contributed by atoms with E-state index in [2.05, 4.69) is 25.8 Å². The van der Waals surface area contributed by atoms with E-state index >= 15 is 0 Å². The molecular weight excluding hydrogens is 328 g/mol. The van der Waals surface area contributed by atoms with Crippen molar-refractivity contribution in [3.8, 4) is 0 Å². The van der Waals surface area contributed by atoms with Gasteiger partial charge in [0.05, 0.1) is 5.69 Å². The number of anilines is 2. The average molecular weight is 341 g/mol. The zero-order valence-electron chi connectivity index (χ0n) is 12.9. The summed E-state index contributed by atoms with van der Waals surface area (Å²) in [7, 11) is 0. The Hall–Kier alpha value is -3.42. The molecule has 0 atom stereocenters. The average Bonchev–Trinajstić information content (AvgIpc) is 2.63. The molecule has 1 aromatic carbocycles. The molecule has 6 nitrogen and oxygen atoms in total. The van der Waals surface area contributed by atoms with Gasteiger partial charge >= 0.3 is 0 Å². The molecule has 2 N–H and O–H groups in total. The minimum absolute atomic E-state index is 0.00986. The van der Waals surface area contributed by atoms with Crippen molar-refractivity contribution in [1.29, 1.82) is 0 Å². The Balaban J connectivity index is 1.62. The molecule has 0 saturated heterocycles. The van der Waals surface area contributed by atoms with Crippen LogP contribution in [0.3, 0.4) is 0 Å². The second-order valence-electron chi connectivity index (χ2n) is 5.10. The quantitative estimate of drug-likeness (QED) is 0.746. The first-order valence-electron chi connectivity index (χ1n) is 7.35. The van der Waals surface area contributed by atoms with Gasteiger partial charge in [-0.15, -0.1) is 10.2 Å². The van der Waals surface area contributed by atoms with Crippen LogP contribution in [0.1, 0.15) is 16.1 Å². The summed E-state index contributed by atoms with van der Waals surface area (Å²) in [5.41, 5.74) is 0.848. The highest BCUT2D eigenvalue weighted by Gasteiger charge is 2.12. The number of amides is 1. The fraction of sp³-hybridized carbons (Fsp3) is 0.0588. The monoisotopic (exact) mass is 341 g/mol. The molecule has 0 radical (unpaired) electrons. The van der Waals surface area contributed by atoms with Gasteiger partial charge in [0, 0.05) is 25.0 Å². The number of carbonyl (C=O) groups excluding carboxylic acids is 1. The van der Waals surface area contributed by atoms with Crippen molar-refractivity contribution in [2.24, 2.45) is 0 Å². The highest BCUT2D eigenvalue weighted by Crippen LogP contribution is 2.16. The Morgan fingerprint density at radius 3 is 2.64 bits per heavy atom. The number of carbonyl (C=O) groups is 1. The van der Waals surface area contributed by atoms with Crippen LogP contribution >= 0.6 is 0 Å². The zero-order chi connectivity index (χ0) is 17.6. The summed E-state index contributed by atoms with van der Waals surface area (Å²) < 4.78 is 26.4. The minimum atomic E-state index is -0.865. The smallest absolute Gasteiger partial charge is 0.276 e. The van der Waals surface area contributed by atoms with Crippen LogP contribution in [0, 0.1) is 11.6 Å². The number of pyridine rings is 1. The number of halogens is 2. The summed E-state index contributed by atoms with van der Waals surface area (Å²) in [5, 5.41) is 13.1. The van der Waals surface area contributed by atoms with Crippen LogP contribution in [0.4, 0.5) is 20.3 Å².